The van der Waals surface area contributed by atoms with Gasteiger partial charge in [0, 0.05) is 29.3 Å². The van der Waals surface area contributed by atoms with Gasteiger partial charge in [0.2, 0.25) is 10.0 Å². The Kier molecular flexibility index (Phi) is 9.23. The molecule has 0 aliphatic carbocycles. The molecular weight excluding hydrogens is 643 g/mol. The lowest BCUT2D eigenvalue weighted by molar-refractivity contribution is 0.0594. The molecule has 2 aromatic heterocycles. The van der Waals surface area contributed by atoms with E-state index in [-0.39, 0.29) is 45.5 Å². The van der Waals surface area contributed by atoms with E-state index in [0.717, 1.165) is 54.6 Å². The SMILES string of the molecule is COC(=O)c1c(C)oc(C)c1S(=O)(=O)N1C2CCC1CC(Cc1ccc(NC(=O)Nc3cc(C(C)(C)C)nn3-c3ccc(C)cc3)cc1)C2. The van der Waals surface area contributed by atoms with Gasteiger partial charge in [0.15, 0.2) is 0 Å². The summed E-state index contributed by atoms with van der Waals surface area (Å²) in [7, 11) is -2.73. The first-order chi connectivity index (χ1) is 23.1. The quantitative estimate of drug-likeness (QED) is 0.186. The molecule has 2 saturated heterocycles. The first kappa shape index (κ1) is 34.4. The zero-order valence-electron chi connectivity index (χ0n) is 29.2. The van der Waals surface area contributed by atoms with Crippen LogP contribution in [0.2, 0.25) is 0 Å². The van der Waals surface area contributed by atoms with Crippen LogP contribution in [0.5, 0.6) is 0 Å². The van der Waals surface area contributed by atoms with E-state index in [2.05, 4.69) is 31.4 Å². The number of methoxy groups -OCH3 is 1. The van der Waals surface area contributed by atoms with Gasteiger partial charge in [-0.3, -0.25) is 5.32 Å². The zero-order chi connectivity index (χ0) is 35.2. The zero-order valence-corrected chi connectivity index (χ0v) is 30.0. The standard InChI is InChI=1S/C37H45N5O6S/c1-22-8-14-28(15-9-22)41-32(21-31(40-41)37(4,5)6)39-36(44)38-27-12-10-25(11-13-27)18-26-19-29-16-17-30(20-26)42(29)49(45,46)34-24(3)48-23(2)33(34)35(43)47-7/h8-15,21,26,29-30H,16-20H2,1-7H3,(H2,38,39,44). The van der Waals surface area contributed by atoms with Crippen LogP contribution in [-0.2, 0) is 26.6 Å². The van der Waals surface area contributed by atoms with Crippen LogP contribution in [0, 0.1) is 26.7 Å². The number of esters is 1. The molecule has 6 rings (SSSR count). The number of amides is 2. The molecule has 2 amide bonds. The lowest BCUT2D eigenvalue weighted by atomic mass is 9.87. The van der Waals surface area contributed by atoms with Gasteiger partial charge in [0.25, 0.3) is 0 Å². The molecule has 260 valence electrons. The molecule has 2 bridgehead atoms. The molecule has 11 nitrogen and oxygen atoms in total. The number of aryl methyl sites for hydroxylation is 3. The van der Waals surface area contributed by atoms with Crippen LogP contribution in [0.1, 0.15) is 85.2 Å². The predicted octanol–water partition coefficient (Wildman–Crippen LogP) is 7.29. The van der Waals surface area contributed by atoms with Crippen LogP contribution < -0.4 is 10.6 Å². The van der Waals surface area contributed by atoms with Crippen LogP contribution >= 0.6 is 0 Å². The van der Waals surface area contributed by atoms with Crippen molar-refractivity contribution < 1.29 is 27.2 Å². The summed E-state index contributed by atoms with van der Waals surface area (Å²) in [5.41, 5.74) is 4.42. The number of rotatable bonds is 8. The first-order valence-electron chi connectivity index (χ1n) is 16.7. The summed E-state index contributed by atoms with van der Waals surface area (Å²) < 4.78 is 41.8. The molecule has 0 spiro atoms. The first-order valence-corrected chi connectivity index (χ1v) is 18.2. The normalized spacial score (nSPS) is 19.5. The molecule has 2 fully saturated rings. The summed E-state index contributed by atoms with van der Waals surface area (Å²) in [4.78, 5) is 25.6. The Morgan fingerprint density at radius 3 is 2.16 bits per heavy atom. The van der Waals surface area contributed by atoms with Crippen molar-refractivity contribution in [1.29, 1.82) is 0 Å². The van der Waals surface area contributed by atoms with E-state index in [1.807, 2.05) is 61.5 Å². The minimum Gasteiger partial charge on any atom is -0.465 e. The third-order valence-electron chi connectivity index (χ3n) is 9.63. The maximum Gasteiger partial charge on any atom is 0.342 e. The highest BCUT2D eigenvalue weighted by Crippen LogP contribution is 2.44. The highest BCUT2D eigenvalue weighted by atomic mass is 32.2. The molecule has 0 radical (unpaired) electrons. The molecule has 49 heavy (non-hydrogen) atoms. The number of carbonyl (C=O) groups excluding carboxylic acids is 2. The molecule has 2 atom stereocenters. The van der Waals surface area contributed by atoms with E-state index < -0.39 is 16.0 Å². The molecule has 12 heteroatoms. The second-order valence-electron chi connectivity index (χ2n) is 14.4. The minimum absolute atomic E-state index is 0.0181. The molecule has 4 heterocycles. The smallest absolute Gasteiger partial charge is 0.342 e. The van der Waals surface area contributed by atoms with Gasteiger partial charge in [-0.2, -0.15) is 9.40 Å². The second kappa shape index (κ2) is 13.1. The molecule has 2 aliphatic heterocycles. The average molecular weight is 688 g/mol. The Morgan fingerprint density at radius 1 is 0.939 bits per heavy atom. The average Bonchev–Trinajstić information content (AvgIpc) is 3.69. The predicted molar refractivity (Wildman–Crippen MR) is 188 cm³/mol. The molecular formula is C37H45N5O6S. The molecule has 4 aromatic rings. The lowest BCUT2D eigenvalue weighted by Crippen LogP contribution is -2.47. The van der Waals surface area contributed by atoms with Crippen LogP contribution in [0.15, 0.2) is 63.9 Å². The third-order valence-corrected chi connectivity index (χ3v) is 11.8. The van der Waals surface area contributed by atoms with Gasteiger partial charge in [-0.05, 0) is 88.6 Å². The van der Waals surface area contributed by atoms with E-state index >= 15 is 0 Å². The van der Waals surface area contributed by atoms with Crippen LogP contribution in [0.3, 0.4) is 0 Å². The number of aromatic nitrogens is 2. The number of piperidine rings is 1. The van der Waals surface area contributed by atoms with Gasteiger partial charge >= 0.3 is 12.0 Å². The number of hydrogen-bond acceptors (Lipinski definition) is 7. The Labute approximate surface area is 288 Å². The van der Waals surface area contributed by atoms with Crippen LogP contribution in [0.4, 0.5) is 16.3 Å². The number of nitrogens with zero attached hydrogens (tertiary/aromatic N) is 3. The maximum absolute atomic E-state index is 14.0. The van der Waals surface area contributed by atoms with Crippen molar-refractivity contribution in [2.45, 2.75) is 96.0 Å². The number of anilines is 2. The van der Waals surface area contributed by atoms with Crippen molar-refractivity contribution in [2.75, 3.05) is 17.7 Å². The summed E-state index contributed by atoms with van der Waals surface area (Å²) in [5.74, 6) is 0.606. The van der Waals surface area contributed by atoms with E-state index in [9.17, 15) is 18.0 Å². The number of fused-ring (bicyclic) bond motifs is 2. The minimum atomic E-state index is -3.97. The van der Waals surface area contributed by atoms with Gasteiger partial charge in [0.1, 0.15) is 27.8 Å². The van der Waals surface area contributed by atoms with E-state index in [0.29, 0.717) is 17.4 Å². The highest BCUT2D eigenvalue weighted by Gasteiger charge is 2.49. The van der Waals surface area contributed by atoms with Gasteiger partial charge in [-0.15, -0.1) is 0 Å². The Bertz CT molecular complexity index is 1960. The summed E-state index contributed by atoms with van der Waals surface area (Å²) in [6.07, 6.45) is 3.82. The Hall–Kier alpha value is -4.42. The molecule has 0 saturated carbocycles. The van der Waals surface area contributed by atoms with E-state index in [1.54, 1.807) is 22.8 Å². The van der Waals surface area contributed by atoms with E-state index in [4.69, 9.17) is 14.3 Å². The van der Waals surface area contributed by atoms with Gasteiger partial charge in [0.05, 0.1) is 18.5 Å². The third kappa shape index (κ3) is 6.89. The molecule has 2 aromatic carbocycles. The fraction of sp³-hybridized carbons (Fsp3) is 0.432. The fourth-order valence-electron chi connectivity index (χ4n) is 7.28. The van der Waals surface area contributed by atoms with Gasteiger partial charge < -0.3 is 14.5 Å². The van der Waals surface area contributed by atoms with Crippen molar-refractivity contribution in [3.05, 3.63) is 88.5 Å². The van der Waals surface area contributed by atoms with E-state index in [1.165, 1.54) is 7.11 Å². The summed E-state index contributed by atoms with van der Waals surface area (Å²) in [5, 5.41) is 10.7. The number of carbonyl (C=O) groups is 2. The summed E-state index contributed by atoms with van der Waals surface area (Å²) in [6.45, 7) is 11.4. The van der Waals surface area contributed by atoms with Crippen molar-refractivity contribution in [1.82, 2.24) is 14.1 Å². The maximum atomic E-state index is 14.0. The van der Waals surface area contributed by atoms with Crippen molar-refractivity contribution >= 4 is 33.5 Å². The van der Waals surface area contributed by atoms with Crippen molar-refractivity contribution in [3.8, 4) is 5.69 Å². The highest BCUT2D eigenvalue weighted by molar-refractivity contribution is 7.89. The lowest BCUT2D eigenvalue weighted by Gasteiger charge is -2.38. The second-order valence-corrected chi connectivity index (χ2v) is 16.1. The number of urea groups is 1. The summed E-state index contributed by atoms with van der Waals surface area (Å²) in [6, 6.07) is 17.0. The Morgan fingerprint density at radius 2 is 1.57 bits per heavy atom. The number of benzene rings is 2. The number of furan rings is 1. The Balaban J connectivity index is 1.10. The van der Waals surface area contributed by atoms with Crippen LogP contribution in [-0.4, -0.2) is 53.7 Å². The fourth-order valence-corrected chi connectivity index (χ4v) is 9.55. The van der Waals surface area contributed by atoms with Gasteiger partial charge in [-0.1, -0.05) is 50.6 Å². The molecule has 2 unspecified atom stereocenters. The number of sulfonamides is 1. The largest absolute Gasteiger partial charge is 0.465 e. The van der Waals surface area contributed by atoms with Gasteiger partial charge in [-0.25, -0.2) is 22.7 Å². The molecule has 2 aliphatic rings. The number of hydrogen-bond donors (Lipinski definition) is 2. The van der Waals surface area contributed by atoms with Crippen molar-refractivity contribution in [3.63, 3.8) is 0 Å². The molecule has 2 N–H and O–H groups in total. The van der Waals surface area contributed by atoms with Crippen molar-refractivity contribution in [2.24, 2.45) is 5.92 Å². The topological polar surface area (TPSA) is 136 Å². The monoisotopic (exact) mass is 687 g/mol. The number of ether oxygens (including phenoxy) is 1. The summed E-state index contributed by atoms with van der Waals surface area (Å²) >= 11 is 0. The van der Waals surface area contributed by atoms with Crippen LogP contribution in [0.25, 0.3) is 5.69 Å². The number of nitrogens with one attached hydrogen (secondary N) is 2.